The van der Waals surface area contributed by atoms with E-state index in [9.17, 15) is 8.42 Å². The fraction of sp³-hybridized carbons (Fsp3) is 0.458. The van der Waals surface area contributed by atoms with Gasteiger partial charge in [-0.3, -0.25) is 0 Å². The molecule has 0 atom stereocenters. The Morgan fingerprint density at radius 1 is 1.16 bits per heavy atom. The summed E-state index contributed by atoms with van der Waals surface area (Å²) < 4.78 is 42.2. The second-order valence-electron chi connectivity index (χ2n) is 9.04. The van der Waals surface area contributed by atoms with E-state index in [2.05, 4.69) is 32.7 Å². The third-order valence-corrected chi connectivity index (χ3v) is 8.04. The van der Waals surface area contributed by atoms with E-state index in [1.807, 2.05) is 17.7 Å². The van der Waals surface area contributed by atoms with Gasteiger partial charge in [0.15, 0.2) is 0 Å². The third-order valence-electron chi connectivity index (χ3n) is 5.32. The van der Waals surface area contributed by atoms with Crippen LogP contribution in [0, 0.1) is 17.7 Å². The van der Waals surface area contributed by atoms with Gasteiger partial charge in [0.25, 0.3) is 0 Å². The van der Waals surface area contributed by atoms with Crippen LogP contribution in [-0.2, 0) is 35.8 Å². The minimum atomic E-state index is -3.94. The topological polar surface area (TPSA) is 78.0 Å². The summed E-state index contributed by atoms with van der Waals surface area (Å²) in [5.74, 6) is 1.20. The predicted molar refractivity (Wildman–Crippen MR) is 129 cm³/mol. The van der Waals surface area contributed by atoms with Crippen molar-refractivity contribution in [1.29, 1.82) is 0 Å². The Balaban J connectivity index is 2.13. The average molecular weight is 478 g/mol. The lowest BCUT2D eigenvalue weighted by Gasteiger charge is -2.14. The zero-order chi connectivity index (χ0) is 23.6. The van der Waals surface area contributed by atoms with Gasteiger partial charge in [0.2, 0.25) is 10.0 Å². The Labute approximate surface area is 194 Å². The molecule has 32 heavy (non-hydrogen) atoms. The van der Waals surface area contributed by atoms with Crippen molar-refractivity contribution in [2.24, 2.45) is 17.0 Å². The van der Waals surface area contributed by atoms with Gasteiger partial charge in [-0.25, -0.2) is 22.9 Å². The summed E-state index contributed by atoms with van der Waals surface area (Å²) in [7, 11) is -3.94. The summed E-state index contributed by atoms with van der Waals surface area (Å²) in [6.07, 6.45) is 5.78. The molecule has 0 radical (unpaired) electrons. The van der Waals surface area contributed by atoms with Crippen LogP contribution in [0.1, 0.15) is 56.4 Å². The minimum absolute atomic E-state index is 0.124. The molecular weight excluding hydrogens is 445 g/mol. The molecule has 0 saturated carbocycles. The molecule has 1 aromatic carbocycles. The van der Waals surface area contributed by atoms with E-state index in [1.54, 1.807) is 18.3 Å². The molecule has 0 aliphatic carbocycles. The van der Waals surface area contributed by atoms with E-state index in [-0.39, 0.29) is 10.0 Å². The number of hydrogen-bond acceptors (Lipinski definition) is 4. The van der Waals surface area contributed by atoms with Gasteiger partial charge < -0.3 is 4.57 Å². The smallest absolute Gasteiger partial charge is 0.248 e. The lowest BCUT2D eigenvalue weighted by molar-refractivity contribution is 0.594. The van der Waals surface area contributed by atoms with Crippen molar-refractivity contribution in [3.05, 3.63) is 58.2 Å². The van der Waals surface area contributed by atoms with E-state index in [1.165, 1.54) is 17.4 Å². The maximum Gasteiger partial charge on any atom is 0.248 e. The van der Waals surface area contributed by atoms with E-state index in [0.29, 0.717) is 41.5 Å². The van der Waals surface area contributed by atoms with Crippen molar-refractivity contribution in [2.75, 3.05) is 0 Å². The largest absolute Gasteiger partial charge is 0.330 e. The van der Waals surface area contributed by atoms with Crippen LogP contribution in [0.5, 0.6) is 0 Å². The highest BCUT2D eigenvalue weighted by Crippen LogP contribution is 2.42. The zero-order valence-corrected chi connectivity index (χ0v) is 21.0. The van der Waals surface area contributed by atoms with Crippen LogP contribution in [0.2, 0.25) is 0 Å². The van der Waals surface area contributed by atoms with E-state index in [4.69, 9.17) is 5.14 Å². The van der Waals surface area contributed by atoms with Crippen molar-refractivity contribution in [3.8, 4) is 11.1 Å². The highest BCUT2D eigenvalue weighted by atomic mass is 32.2. The summed E-state index contributed by atoms with van der Waals surface area (Å²) in [5, 5.41) is 5.61. The molecule has 0 fully saturated rings. The summed E-state index contributed by atoms with van der Waals surface area (Å²) in [4.78, 5) is 5.31. The number of aryl methyl sites for hydroxylation is 1. The van der Waals surface area contributed by atoms with Crippen LogP contribution in [0.4, 0.5) is 4.39 Å². The molecule has 8 heteroatoms. The van der Waals surface area contributed by atoms with Gasteiger partial charge >= 0.3 is 0 Å². The van der Waals surface area contributed by atoms with Gasteiger partial charge in [0.05, 0.1) is 6.54 Å². The number of aromatic nitrogens is 2. The van der Waals surface area contributed by atoms with Crippen molar-refractivity contribution >= 4 is 21.4 Å². The lowest BCUT2D eigenvalue weighted by Crippen LogP contribution is -2.12. The maximum absolute atomic E-state index is 15.2. The third kappa shape index (κ3) is 5.47. The Kier molecular flexibility index (Phi) is 7.57. The number of rotatable bonds is 9. The quantitative estimate of drug-likeness (QED) is 0.448. The van der Waals surface area contributed by atoms with Crippen LogP contribution < -0.4 is 5.14 Å². The van der Waals surface area contributed by atoms with Gasteiger partial charge in [0.1, 0.15) is 15.9 Å². The standard InChI is InChI=1S/C24H32FN3O2S2/c1-6-22-27-9-10-28(22)14-18-8-7-17(13-20(18)25)23-19(11-15(2)3)21(12-16(4)5)31-24(23)32(26,29)30/h7-10,13,15-16H,6,11-12,14H2,1-5H3,(H2,26,29,30). The first-order valence-corrected chi connectivity index (χ1v) is 13.3. The van der Waals surface area contributed by atoms with Crippen LogP contribution in [0.3, 0.4) is 0 Å². The first kappa shape index (κ1) is 24.6. The summed E-state index contributed by atoms with van der Waals surface area (Å²) in [6, 6.07) is 4.98. The van der Waals surface area contributed by atoms with Gasteiger partial charge in [-0.1, -0.05) is 46.8 Å². The molecule has 0 bridgehead atoms. The second-order valence-corrected chi connectivity index (χ2v) is 11.9. The molecule has 174 valence electrons. The van der Waals surface area contributed by atoms with Crippen LogP contribution in [0.15, 0.2) is 34.8 Å². The molecule has 2 aromatic heterocycles. The molecule has 3 rings (SSSR count). The first-order valence-electron chi connectivity index (χ1n) is 11.0. The number of nitrogens with zero attached hydrogens (tertiary/aromatic N) is 2. The van der Waals surface area contributed by atoms with E-state index in [0.717, 1.165) is 29.1 Å². The Morgan fingerprint density at radius 2 is 1.84 bits per heavy atom. The number of hydrogen-bond donors (Lipinski definition) is 1. The van der Waals surface area contributed by atoms with Crippen LogP contribution in [-0.4, -0.2) is 18.0 Å². The molecule has 2 N–H and O–H groups in total. The number of halogens is 1. The number of nitrogens with two attached hydrogens (primary N) is 1. The van der Waals surface area contributed by atoms with Crippen molar-refractivity contribution < 1.29 is 12.8 Å². The summed E-state index contributed by atoms with van der Waals surface area (Å²) in [5.41, 5.74) is 2.61. The Bertz CT molecular complexity index is 1190. The molecule has 0 saturated heterocycles. The molecule has 3 aromatic rings. The zero-order valence-electron chi connectivity index (χ0n) is 19.4. The first-order chi connectivity index (χ1) is 15.0. The maximum atomic E-state index is 15.2. The van der Waals surface area contributed by atoms with E-state index < -0.39 is 10.0 Å². The summed E-state index contributed by atoms with van der Waals surface area (Å²) in [6.45, 7) is 10.8. The highest BCUT2D eigenvalue weighted by molar-refractivity contribution is 7.91. The van der Waals surface area contributed by atoms with Gasteiger partial charge in [-0.15, -0.1) is 11.3 Å². The van der Waals surface area contributed by atoms with Gasteiger partial charge in [-0.2, -0.15) is 0 Å². The Morgan fingerprint density at radius 3 is 2.41 bits per heavy atom. The number of imidazole rings is 1. The summed E-state index contributed by atoms with van der Waals surface area (Å²) >= 11 is 1.23. The fourth-order valence-corrected chi connectivity index (χ4v) is 6.54. The van der Waals surface area contributed by atoms with Crippen LogP contribution >= 0.6 is 11.3 Å². The SMILES string of the molecule is CCc1nccn1Cc1ccc(-c2c(S(N)(=O)=O)sc(CC(C)C)c2CC(C)C)cc1F. The lowest BCUT2D eigenvalue weighted by atomic mass is 9.93. The van der Waals surface area contributed by atoms with E-state index >= 15 is 4.39 Å². The fourth-order valence-electron chi connectivity index (χ4n) is 3.95. The number of primary sulfonamides is 1. The van der Waals surface area contributed by atoms with Gasteiger partial charge in [-0.05, 0) is 41.9 Å². The normalized spacial score (nSPS) is 12.3. The molecule has 2 heterocycles. The molecule has 0 amide bonds. The highest BCUT2D eigenvalue weighted by Gasteiger charge is 2.27. The van der Waals surface area contributed by atoms with Crippen molar-refractivity contribution in [1.82, 2.24) is 9.55 Å². The van der Waals surface area contributed by atoms with Gasteiger partial charge in [0, 0.05) is 34.8 Å². The number of sulfonamides is 1. The molecule has 0 aliphatic heterocycles. The average Bonchev–Trinajstić information content (AvgIpc) is 3.27. The molecule has 0 unspecified atom stereocenters. The molecule has 5 nitrogen and oxygen atoms in total. The molecular formula is C24H32FN3O2S2. The molecule has 0 spiro atoms. The predicted octanol–water partition coefficient (Wildman–Crippen LogP) is 5.41. The van der Waals surface area contributed by atoms with Crippen LogP contribution in [0.25, 0.3) is 11.1 Å². The minimum Gasteiger partial charge on any atom is -0.330 e. The Hall–Kier alpha value is -2.03. The van der Waals surface area contributed by atoms with Crippen molar-refractivity contribution in [3.63, 3.8) is 0 Å². The monoisotopic (exact) mass is 477 g/mol. The van der Waals surface area contributed by atoms with Crippen molar-refractivity contribution in [2.45, 2.75) is 64.6 Å². The number of benzene rings is 1. The second kappa shape index (κ2) is 9.85. The number of thiophene rings is 1. The molecule has 0 aliphatic rings.